The molecule has 1 rings (SSSR count). The van der Waals surface area contributed by atoms with E-state index in [0.717, 1.165) is 17.8 Å². The lowest BCUT2D eigenvalue weighted by atomic mass is 9.63. The van der Waals surface area contributed by atoms with Crippen molar-refractivity contribution < 1.29 is 0 Å². The predicted molar refractivity (Wildman–Crippen MR) is 67.7 cm³/mol. The summed E-state index contributed by atoms with van der Waals surface area (Å²) < 4.78 is 0. The molecular formula is C14H29N. The SMILES string of the molecule is CC(C)CC1CC(N)CCC1C(C)(C)C. The third-order valence-corrected chi connectivity index (χ3v) is 3.91. The maximum atomic E-state index is 6.11. The van der Waals surface area contributed by atoms with Gasteiger partial charge in [0.25, 0.3) is 0 Å². The van der Waals surface area contributed by atoms with Crippen LogP contribution in [-0.4, -0.2) is 6.04 Å². The molecule has 0 aromatic carbocycles. The zero-order valence-corrected chi connectivity index (χ0v) is 11.2. The molecule has 90 valence electrons. The van der Waals surface area contributed by atoms with Crippen LogP contribution in [0.25, 0.3) is 0 Å². The molecule has 2 N–H and O–H groups in total. The molecule has 1 aliphatic carbocycles. The zero-order chi connectivity index (χ0) is 11.6. The van der Waals surface area contributed by atoms with Crippen LogP contribution in [0.15, 0.2) is 0 Å². The molecule has 1 saturated carbocycles. The highest BCUT2D eigenvalue weighted by atomic mass is 14.6. The van der Waals surface area contributed by atoms with Gasteiger partial charge in [-0.15, -0.1) is 0 Å². The molecule has 0 amide bonds. The summed E-state index contributed by atoms with van der Waals surface area (Å²) in [6.45, 7) is 11.8. The minimum Gasteiger partial charge on any atom is -0.328 e. The van der Waals surface area contributed by atoms with Gasteiger partial charge in [-0.2, -0.15) is 0 Å². The van der Waals surface area contributed by atoms with Gasteiger partial charge in [0.15, 0.2) is 0 Å². The van der Waals surface area contributed by atoms with Crippen LogP contribution in [0.5, 0.6) is 0 Å². The molecule has 15 heavy (non-hydrogen) atoms. The second kappa shape index (κ2) is 4.86. The molecule has 0 aromatic heterocycles. The van der Waals surface area contributed by atoms with E-state index in [9.17, 15) is 0 Å². The van der Waals surface area contributed by atoms with E-state index >= 15 is 0 Å². The van der Waals surface area contributed by atoms with E-state index < -0.39 is 0 Å². The van der Waals surface area contributed by atoms with Crippen molar-refractivity contribution in [1.82, 2.24) is 0 Å². The summed E-state index contributed by atoms with van der Waals surface area (Å²) in [4.78, 5) is 0. The van der Waals surface area contributed by atoms with E-state index in [4.69, 9.17) is 5.73 Å². The molecule has 3 atom stereocenters. The van der Waals surface area contributed by atoms with Gasteiger partial charge in [0.05, 0.1) is 0 Å². The van der Waals surface area contributed by atoms with Crippen molar-refractivity contribution in [2.24, 2.45) is 28.9 Å². The topological polar surface area (TPSA) is 26.0 Å². The number of hydrogen-bond acceptors (Lipinski definition) is 1. The minimum atomic E-state index is 0.458. The quantitative estimate of drug-likeness (QED) is 0.738. The molecule has 1 heteroatoms. The molecule has 0 aliphatic heterocycles. The van der Waals surface area contributed by atoms with Crippen molar-refractivity contribution in [3.05, 3.63) is 0 Å². The van der Waals surface area contributed by atoms with Crippen LogP contribution in [0, 0.1) is 23.2 Å². The third kappa shape index (κ3) is 3.79. The van der Waals surface area contributed by atoms with Crippen molar-refractivity contribution in [3.8, 4) is 0 Å². The Hall–Kier alpha value is -0.0400. The van der Waals surface area contributed by atoms with E-state index in [0.29, 0.717) is 11.5 Å². The molecule has 1 aliphatic rings. The van der Waals surface area contributed by atoms with Gasteiger partial charge in [0, 0.05) is 6.04 Å². The van der Waals surface area contributed by atoms with Gasteiger partial charge in [-0.3, -0.25) is 0 Å². The van der Waals surface area contributed by atoms with Gasteiger partial charge >= 0.3 is 0 Å². The first-order valence-corrected chi connectivity index (χ1v) is 6.56. The van der Waals surface area contributed by atoms with Gasteiger partial charge in [0.1, 0.15) is 0 Å². The van der Waals surface area contributed by atoms with Crippen LogP contribution in [0.2, 0.25) is 0 Å². The minimum absolute atomic E-state index is 0.458. The molecule has 0 heterocycles. The summed E-state index contributed by atoms with van der Waals surface area (Å²) in [5, 5.41) is 0. The highest BCUT2D eigenvalue weighted by Gasteiger charge is 2.36. The van der Waals surface area contributed by atoms with E-state index in [-0.39, 0.29) is 0 Å². The maximum absolute atomic E-state index is 6.11. The Morgan fingerprint density at radius 1 is 1.20 bits per heavy atom. The smallest absolute Gasteiger partial charge is 0.00416 e. The lowest BCUT2D eigenvalue weighted by molar-refractivity contribution is 0.0840. The maximum Gasteiger partial charge on any atom is 0.00416 e. The van der Waals surface area contributed by atoms with Crippen LogP contribution < -0.4 is 5.73 Å². The standard InChI is InChI=1S/C14H29N/c1-10(2)8-11-9-12(15)6-7-13(11)14(3,4)5/h10-13H,6-9,15H2,1-5H3. The Morgan fingerprint density at radius 3 is 2.27 bits per heavy atom. The molecule has 0 bridgehead atoms. The van der Waals surface area contributed by atoms with Gasteiger partial charge in [-0.25, -0.2) is 0 Å². The zero-order valence-electron chi connectivity index (χ0n) is 11.2. The predicted octanol–water partition coefficient (Wildman–Crippen LogP) is 3.82. The first-order chi connectivity index (χ1) is 6.80. The van der Waals surface area contributed by atoms with Crippen LogP contribution >= 0.6 is 0 Å². The summed E-state index contributed by atoms with van der Waals surface area (Å²) >= 11 is 0. The summed E-state index contributed by atoms with van der Waals surface area (Å²) in [6, 6.07) is 0.465. The van der Waals surface area contributed by atoms with Gasteiger partial charge < -0.3 is 5.73 Å². The van der Waals surface area contributed by atoms with Crippen molar-refractivity contribution in [2.45, 2.75) is 66.3 Å². The fourth-order valence-corrected chi connectivity index (χ4v) is 3.31. The highest BCUT2D eigenvalue weighted by Crippen LogP contribution is 2.43. The van der Waals surface area contributed by atoms with E-state index in [1.54, 1.807) is 0 Å². The van der Waals surface area contributed by atoms with Gasteiger partial charge in [-0.1, -0.05) is 34.6 Å². The summed E-state index contributed by atoms with van der Waals surface area (Å²) in [6.07, 6.45) is 5.17. The average molecular weight is 211 g/mol. The molecule has 0 radical (unpaired) electrons. The van der Waals surface area contributed by atoms with Crippen molar-refractivity contribution in [1.29, 1.82) is 0 Å². The Labute approximate surface area is 95.8 Å². The first kappa shape index (κ1) is 13.0. The third-order valence-electron chi connectivity index (χ3n) is 3.91. The number of rotatable bonds is 2. The molecule has 1 fully saturated rings. The van der Waals surface area contributed by atoms with Crippen LogP contribution in [0.4, 0.5) is 0 Å². The Balaban J connectivity index is 2.66. The van der Waals surface area contributed by atoms with Crippen molar-refractivity contribution in [3.63, 3.8) is 0 Å². The normalized spacial score (nSPS) is 33.4. The van der Waals surface area contributed by atoms with E-state index in [1.807, 2.05) is 0 Å². The van der Waals surface area contributed by atoms with Crippen molar-refractivity contribution in [2.75, 3.05) is 0 Å². The first-order valence-electron chi connectivity index (χ1n) is 6.56. The fourth-order valence-electron chi connectivity index (χ4n) is 3.31. The van der Waals surface area contributed by atoms with E-state index in [2.05, 4.69) is 34.6 Å². The summed E-state index contributed by atoms with van der Waals surface area (Å²) in [5.74, 6) is 2.54. The van der Waals surface area contributed by atoms with Crippen LogP contribution in [0.3, 0.4) is 0 Å². The lowest BCUT2D eigenvalue weighted by Crippen LogP contribution is -2.39. The Bertz CT molecular complexity index is 188. The molecule has 0 aromatic rings. The fraction of sp³-hybridized carbons (Fsp3) is 1.00. The Kier molecular flexibility index (Phi) is 4.22. The van der Waals surface area contributed by atoms with Crippen LogP contribution in [0.1, 0.15) is 60.3 Å². The largest absolute Gasteiger partial charge is 0.328 e. The van der Waals surface area contributed by atoms with Gasteiger partial charge in [0.2, 0.25) is 0 Å². The second-order valence-electron chi connectivity index (χ2n) is 6.94. The molecule has 3 unspecified atom stereocenters. The number of hydrogen-bond donors (Lipinski definition) is 1. The Morgan fingerprint density at radius 2 is 1.80 bits per heavy atom. The molecule has 1 nitrogen and oxygen atoms in total. The highest BCUT2D eigenvalue weighted by molar-refractivity contribution is 4.88. The molecule has 0 saturated heterocycles. The van der Waals surface area contributed by atoms with Crippen molar-refractivity contribution >= 4 is 0 Å². The summed E-state index contributed by atoms with van der Waals surface area (Å²) in [5.41, 5.74) is 6.56. The molecule has 0 spiro atoms. The second-order valence-corrected chi connectivity index (χ2v) is 6.94. The monoisotopic (exact) mass is 211 g/mol. The summed E-state index contributed by atoms with van der Waals surface area (Å²) in [7, 11) is 0. The lowest BCUT2D eigenvalue weighted by Gasteiger charge is -2.43. The van der Waals surface area contributed by atoms with E-state index in [1.165, 1.54) is 25.7 Å². The van der Waals surface area contributed by atoms with Gasteiger partial charge in [-0.05, 0) is 48.9 Å². The van der Waals surface area contributed by atoms with Crippen LogP contribution in [-0.2, 0) is 0 Å². The number of nitrogens with two attached hydrogens (primary N) is 1. The molecular weight excluding hydrogens is 182 g/mol. The average Bonchev–Trinajstić information content (AvgIpc) is 1.99.